The first-order valence-corrected chi connectivity index (χ1v) is 11.3. The summed E-state index contributed by atoms with van der Waals surface area (Å²) in [7, 11) is -3.72. The van der Waals surface area contributed by atoms with E-state index in [1.165, 1.54) is 15.6 Å². The van der Waals surface area contributed by atoms with Crippen LogP contribution in [0.25, 0.3) is 0 Å². The first-order valence-electron chi connectivity index (χ1n) is 8.97. The van der Waals surface area contributed by atoms with E-state index in [1.807, 2.05) is 30.5 Å². The highest BCUT2D eigenvalue weighted by Gasteiger charge is 2.39. The van der Waals surface area contributed by atoms with Crippen molar-refractivity contribution < 1.29 is 12.9 Å². The van der Waals surface area contributed by atoms with E-state index < -0.39 is 10.0 Å². The molecule has 8 nitrogen and oxygen atoms in total. The van der Waals surface area contributed by atoms with Crippen LogP contribution in [0.2, 0.25) is 0 Å². The highest BCUT2D eigenvalue weighted by atomic mass is 32.2. The lowest BCUT2D eigenvalue weighted by molar-refractivity contribution is 0.381. The third-order valence-electron chi connectivity index (χ3n) is 4.70. The van der Waals surface area contributed by atoms with E-state index in [0.29, 0.717) is 29.5 Å². The van der Waals surface area contributed by atoms with Gasteiger partial charge < -0.3 is 9.84 Å². The molecule has 1 aliphatic heterocycles. The lowest BCUT2D eigenvalue weighted by Crippen LogP contribution is -2.31. The molecule has 3 aromatic heterocycles. The lowest BCUT2D eigenvalue weighted by atomic mass is 10.1. The van der Waals surface area contributed by atoms with Gasteiger partial charge in [-0.2, -0.15) is 4.31 Å². The molecule has 0 aromatic carbocycles. The van der Waals surface area contributed by atoms with Crippen LogP contribution in [0.3, 0.4) is 0 Å². The molecule has 1 N–H and O–H groups in total. The highest BCUT2D eigenvalue weighted by molar-refractivity contribution is 7.89. The Morgan fingerprint density at radius 3 is 2.75 bits per heavy atom. The van der Waals surface area contributed by atoms with E-state index in [0.717, 1.165) is 23.7 Å². The summed E-state index contributed by atoms with van der Waals surface area (Å²) in [6.45, 7) is 5.65. The molecule has 3 aromatic rings. The van der Waals surface area contributed by atoms with Gasteiger partial charge in [0.15, 0.2) is 10.9 Å². The topological polar surface area (TPSA) is 101 Å². The Labute approximate surface area is 167 Å². The molecule has 0 aliphatic carbocycles. The minimum absolute atomic E-state index is 0.159. The van der Waals surface area contributed by atoms with E-state index in [-0.39, 0.29) is 10.9 Å². The molecule has 0 spiro atoms. The van der Waals surface area contributed by atoms with E-state index >= 15 is 0 Å². The predicted octanol–water partition coefficient (Wildman–Crippen LogP) is 3.72. The van der Waals surface area contributed by atoms with Crippen molar-refractivity contribution in [2.45, 2.75) is 44.6 Å². The van der Waals surface area contributed by atoms with Gasteiger partial charge in [-0.3, -0.25) is 0 Å². The number of aryl methyl sites for hydroxylation is 3. The number of nitrogens with zero attached hydrogens (tertiary/aromatic N) is 4. The summed E-state index contributed by atoms with van der Waals surface area (Å²) >= 11 is 1.50. The normalized spacial score (nSPS) is 17.9. The SMILES string of the molecule is Cc1csc(Nc2cccc(C3CCCN3S(=O)(=O)c3c(C)noc3C)n2)n1. The third-order valence-corrected chi connectivity index (χ3v) is 7.73. The second kappa shape index (κ2) is 7.26. The molecule has 0 saturated carbocycles. The zero-order chi connectivity index (χ0) is 19.9. The number of rotatable bonds is 5. The molecule has 4 rings (SSSR count). The molecule has 10 heteroatoms. The van der Waals surface area contributed by atoms with Crippen molar-refractivity contribution in [2.75, 3.05) is 11.9 Å². The van der Waals surface area contributed by atoms with Crippen molar-refractivity contribution in [3.05, 3.63) is 46.4 Å². The summed E-state index contributed by atoms with van der Waals surface area (Å²) in [6.07, 6.45) is 1.49. The van der Waals surface area contributed by atoms with Crippen LogP contribution in [0.5, 0.6) is 0 Å². The van der Waals surface area contributed by atoms with Gasteiger partial charge >= 0.3 is 0 Å². The number of nitrogens with one attached hydrogen (secondary N) is 1. The van der Waals surface area contributed by atoms with Crippen LogP contribution in [-0.4, -0.2) is 34.4 Å². The average molecular weight is 420 g/mol. The van der Waals surface area contributed by atoms with Crippen molar-refractivity contribution >= 4 is 32.3 Å². The summed E-state index contributed by atoms with van der Waals surface area (Å²) in [4.78, 5) is 9.20. The zero-order valence-corrected chi connectivity index (χ0v) is 17.5. The smallest absolute Gasteiger partial charge is 0.249 e. The zero-order valence-electron chi connectivity index (χ0n) is 15.8. The van der Waals surface area contributed by atoms with E-state index in [1.54, 1.807) is 13.8 Å². The monoisotopic (exact) mass is 419 g/mol. The van der Waals surface area contributed by atoms with Gasteiger partial charge in [-0.05, 0) is 45.7 Å². The van der Waals surface area contributed by atoms with Gasteiger partial charge in [-0.15, -0.1) is 11.3 Å². The van der Waals surface area contributed by atoms with Crippen LogP contribution in [0.1, 0.15) is 41.7 Å². The van der Waals surface area contributed by atoms with Gasteiger partial charge in [-0.25, -0.2) is 18.4 Å². The molecule has 1 atom stereocenters. The van der Waals surface area contributed by atoms with Crippen LogP contribution in [0.15, 0.2) is 33.0 Å². The van der Waals surface area contributed by atoms with Crippen LogP contribution in [0, 0.1) is 20.8 Å². The maximum atomic E-state index is 13.3. The van der Waals surface area contributed by atoms with Crippen molar-refractivity contribution in [3.8, 4) is 0 Å². The van der Waals surface area contributed by atoms with Gasteiger partial charge in [0, 0.05) is 11.9 Å². The fourth-order valence-corrected chi connectivity index (χ4v) is 6.17. The van der Waals surface area contributed by atoms with Gasteiger partial charge in [0.25, 0.3) is 0 Å². The molecule has 4 heterocycles. The van der Waals surface area contributed by atoms with Crippen molar-refractivity contribution in [2.24, 2.45) is 0 Å². The predicted molar refractivity (Wildman–Crippen MR) is 106 cm³/mol. The Balaban J connectivity index is 1.64. The maximum Gasteiger partial charge on any atom is 0.249 e. The first kappa shape index (κ1) is 19.0. The maximum absolute atomic E-state index is 13.3. The number of anilines is 2. The van der Waals surface area contributed by atoms with Crippen LogP contribution in [0.4, 0.5) is 10.9 Å². The van der Waals surface area contributed by atoms with E-state index in [2.05, 4.69) is 20.4 Å². The second-order valence-corrected chi connectivity index (χ2v) is 9.48. The quantitative estimate of drug-likeness (QED) is 0.672. The minimum atomic E-state index is -3.72. The second-order valence-electron chi connectivity index (χ2n) is 6.79. The molecule has 0 bridgehead atoms. The van der Waals surface area contributed by atoms with Gasteiger partial charge in [0.05, 0.1) is 17.4 Å². The molecule has 1 aliphatic rings. The van der Waals surface area contributed by atoms with Crippen LogP contribution < -0.4 is 5.32 Å². The number of hydrogen-bond acceptors (Lipinski definition) is 8. The lowest BCUT2D eigenvalue weighted by Gasteiger charge is -2.23. The Hall–Kier alpha value is -2.30. The summed E-state index contributed by atoms with van der Waals surface area (Å²) in [6, 6.07) is 5.27. The van der Waals surface area contributed by atoms with Gasteiger partial charge in [0.2, 0.25) is 10.0 Å². The average Bonchev–Trinajstić information content (AvgIpc) is 3.36. The molecule has 0 radical (unpaired) electrons. The van der Waals surface area contributed by atoms with Gasteiger partial charge in [0.1, 0.15) is 16.4 Å². The minimum Gasteiger partial charge on any atom is -0.360 e. The van der Waals surface area contributed by atoms with E-state index in [9.17, 15) is 8.42 Å². The van der Waals surface area contributed by atoms with Crippen LogP contribution in [-0.2, 0) is 10.0 Å². The summed E-state index contributed by atoms with van der Waals surface area (Å²) in [5.41, 5.74) is 2.04. The molecule has 1 fully saturated rings. The van der Waals surface area contributed by atoms with Crippen molar-refractivity contribution in [3.63, 3.8) is 0 Å². The van der Waals surface area contributed by atoms with E-state index in [4.69, 9.17) is 4.52 Å². The Morgan fingerprint density at radius 2 is 2.07 bits per heavy atom. The number of sulfonamides is 1. The summed E-state index contributed by atoms with van der Waals surface area (Å²) < 4.78 is 33.1. The highest BCUT2D eigenvalue weighted by Crippen LogP contribution is 2.37. The summed E-state index contributed by atoms with van der Waals surface area (Å²) in [5, 5.41) is 9.71. The molecule has 28 heavy (non-hydrogen) atoms. The number of pyridine rings is 1. The number of hydrogen-bond donors (Lipinski definition) is 1. The van der Waals surface area contributed by atoms with Crippen molar-refractivity contribution in [1.29, 1.82) is 0 Å². The van der Waals surface area contributed by atoms with Crippen LogP contribution >= 0.6 is 11.3 Å². The number of aromatic nitrogens is 3. The largest absolute Gasteiger partial charge is 0.360 e. The number of thiazole rings is 1. The first-order chi connectivity index (χ1) is 13.4. The Bertz CT molecular complexity index is 1090. The Morgan fingerprint density at radius 1 is 1.25 bits per heavy atom. The standard InChI is InChI=1S/C18H21N5O3S2/c1-11-10-27-18(19-11)21-16-8-4-6-14(20-16)15-7-5-9-23(15)28(24,25)17-12(2)22-26-13(17)3/h4,6,8,10,15H,5,7,9H2,1-3H3,(H,19,20,21). The molecular formula is C18H21N5O3S2. The van der Waals surface area contributed by atoms with Gasteiger partial charge in [-0.1, -0.05) is 11.2 Å². The Kier molecular flexibility index (Phi) is 4.94. The molecule has 1 saturated heterocycles. The fraction of sp³-hybridized carbons (Fsp3) is 0.389. The molecular weight excluding hydrogens is 398 g/mol. The van der Waals surface area contributed by atoms with Crippen molar-refractivity contribution in [1.82, 2.24) is 19.4 Å². The molecule has 0 amide bonds. The molecule has 148 valence electrons. The molecule has 1 unspecified atom stereocenters. The summed E-state index contributed by atoms with van der Waals surface area (Å²) in [5.74, 6) is 0.958. The fourth-order valence-electron chi connectivity index (χ4n) is 3.51. The third kappa shape index (κ3) is 3.43.